The maximum atomic E-state index is 5.76. The van der Waals surface area contributed by atoms with Gasteiger partial charge in [0.1, 0.15) is 0 Å². The van der Waals surface area contributed by atoms with Crippen molar-refractivity contribution in [2.75, 3.05) is 25.0 Å². The van der Waals surface area contributed by atoms with Gasteiger partial charge in [-0.2, -0.15) is 0 Å². The van der Waals surface area contributed by atoms with Gasteiger partial charge in [-0.25, -0.2) is 0 Å². The van der Waals surface area contributed by atoms with Crippen LogP contribution in [0.25, 0.3) is 0 Å². The van der Waals surface area contributed by atoms with Gasteiger partial charge in [0, 0.05) is 37.1 Å². The topological polar surface area (TPSA) is 42.1 Å². The molecule has 0 saturated heterocycles. The Morgan fingerprint density at radius 3 is 2.57 bits per heavy atom. The molecule has 14 heavy (non-hydrogen) atoms. The van der Waals surface area contributed by atoms with Gasteiger partial charge < -0.3 is 10.6 Å². The summed E-state index contributed by atoms with van der Waals surface area (Å²) in [7, 11) is 2.12. The first-order chi connectivity index (χ1) is 6.76. The van der Waals surface area contributed by atoms with E-state index in [9.17, 15) is 0 Å². The average molecular weight is 191 g/mol. The summed E-state index contributed by atoms with van der Waals surface area (Å²) in [5.41, 5.74) is 7.38. The van der Waals surface area contributed by atoms with Crippen LogP contribution in [0.5, 0.6) is 0 Å². The predicted octanol–water partition coefficient (Wildman–Crippen LogP) is 1.26. The van der Waals surface area contributed by atoms with Crippen LogP contribution in [0.4, 0.5) is 5.69 Å². The van der Waals surface area contributed by atoms with Crippen molar-refractivity contribution >= 4 is 5.69 Å². The van der Waals surface area contributed by atoms with Gasteiger partial charge >= 0.3 is 0 Å². The molecule has 1 aromatic rings. The quantitative estimate of drug-likeness (QED) is 0.779. The molecule has 1 aliphatic carbocycles. The summed E-state index contributed by atoms with van der Waals surface area (Å²) in [6, 6.07) is 4.07. The minimum Gasteiger partial charge on any atom is -0.374 e. The van der Waals surface area contributed by atoms with Gasteiger partial charge in [-0.3, -0.25) is 4.98 Å². The lowest BCUT2D eigenvalue weighted by Crippen LogP contribution is -2.31. The highest BCUT2D eigenvalue weighted by molar-refractivity contribution is 5.44. The highest BCUT2D eigenvalue weighted by atomic mass is 15.1. The number of nitrogens with two attached hydrogens (primary N) is 1. The second-order valence-electron chi connectivity index (χ2n) is 4.27. The van der Waals surface area contributed by atoms with E-state index in [2.05, 4.69) is 16.9 Å². The molecule has 3 nitrogen and oxygen atoms in total. The molecule has 1 saturated carbocycles. The number of rotatable bonds is 4. The highest BCUT2D eigenvalue weighted by Crippen LogP contribution is 2.45. The van der Waals surface area contributed by atoms with Gasteiger partial charge in [0.2, 0.25) is 0 Å². The molecule has 1 heterocycles. The Kier molecular flexibility index (Phi) is 2.42. The van der Waals surface area contributed by atoms with Crippen LogP contribution >= 0.6 is 0 Å². The summed E-state index contributed by atoms with van der Waals surface area (Å²) < 4.78 is 0. The van der Waals surface area contributed by atoms with Crippen LogP contribution in [0.3, 0.4) is 0 Å². The van der Waals surface area contributed by atoms with E-state index in [1.807, 2.05) is 24.5 Å². The van der Waals surface area contributed by atoms with E-state index >= 15 is 0 Å². The lowest BCUT2D eigenvalue weighted by molar-refractivity contribution is 0.523. The molecule has 0 atom stereocenters. The summed E-state index contributed by atoms with van der Waals surface area (Å²) in [6.07, 6.45) is 6.21. The second-order valence-corrected chi connectivity index (χ2v) is 4.27. The normalized spacial score (nSPS) is 17.9. The number of hydrogen-bond acceptors (Lipinski definition) is 3. The van der Waals surface area contributed by atoms with Crippen LogP contribution in [0.1, 0.15) is 12.8 Å². The van der Waals surface area contributed by atoms with Crippen LogP contribution in [0.15, 0.2) is 24.5 Å². The Morgan fingerprint density at radius 2 is 2.07 bits per heavy atom. The van der Waals surface area contributed by atoms with Gasteiger partial charge in [-0.15, -0.1) is 0 Å². The Labute approximate surface area is 84.9 Å². The van der Waals surface area contributed by atoms with Crippen molar-refractivity contribution in [1.82, 2.24) is 4.98 Å². The fourth-order valence-electron chi connectivity index (χ4n) is 1.80. The van der Waals surface area contributed by atoms with Gasteiger partial charge in [-0.1, -0.05) is 0 Å². The molecule has 0 unspecified atom stereocenters. The predicted molar refractivity (Wildman–Crippen MR) is 58.2 cm³/mol. The fraction of sp³-hybridized carbons (Fsp3) is 0.545. The Bertz CT molecular complexity index is 293. The number of nitrogens with zero attached hydrogens (tertiary/aromatic N) is 2. The third kappa shape index (κ3) is 1.87. The zero-order valence-corrected chi connectivity index (χ0v) is 8.61. The van der Waals surface area contributed by atoms with Crippen molar-refractivity contribution in [3.05, 3.63) is 24.5 Å². The molecule has 1 aliphatic rings. The van der Waals surface area contributed by atoms with E-state index in [1.54, 1.807) is 0 Å². The van der Waals surface area contributed by atoms with E-state index in [0.29, 0.717) is 5.41 Å². The number of hydrogen-bond donors (Lipinski definition) is 1. The third-order valence-corrected chi connectivity index (χ3v) is 3.07. The zero-order valence-electron chi connectivity index (χ0n) is 8.61. The Morgan fingerprint density at radius 1 is 1.43 bits per heavy atom. The van der Waals surface area contributed by atoms with Gasteiger partial charge in [0.05, 0.1) is 0 Å². The Hall–Kier alpha value is -1.09. The van der Waals surface area contributed by atoms with Crippen LogP contribution in [0.2, 0.25) is 0 Å². The Balaban J connectivity index is 1.99. The molecule has 1 aromatic heterocycles. The zero-order chi connectivity index (χ0) is 10.0. The third-order valence-electron chi connectivity index (χ3n) is 3.07. The van der Waals surface area contributed by atoms with E-state index in [1.165, 1.54) is 18.5 Å². The lowest BCUT2D eigenvalue weighted by atomic mass is 10.1. The molecular weight excluding hydrogens is 174 g/mol. The van der Waals surface area contributed by atoms with Gasteiger partial charge in [0.25, 0.3) is 0 Å². The first kappa shape index (κ1) is 9.46. The maximum absolute atomic E-state index is 5.76. The highest BCUT2D eigenvalue weighted by Gasteiger charge is 2.41. The fourth-order valence-corrected chi connectivity index (χ4v) is 1.80. The van der Waals surface area contributed by atoms with E-state index in [4.69, 9.17) is 5.73 Å². The molecular formula is C11H17N3. The van der Waals surface area contributed by atoms with Crippen molar-refractivity contribution in [1.29, 1.82) is 0 Å². The van der Waals surface area contributed by atoms with Crippen molar-refractivity contribution in [3.63, 3.8) is 0 Å². The standard InChI is InChI=1S/C11H17N3/c1-14(9-11(8-12)4-5-11)10-2-6-13-7-3-10/h2-3,6-7H,4-5,8-9,12H2,1H3. The van der Waals surface area contributed by atoms with E-state index in [-0.39, 0.29) is 0 Å². The van der Waals surface area contributed by atoms with Gasteiger partial charge in [-0.05, 0) is 31.5 Å². The molecule has 0 radical (unpaired) electrons. The molecule has 2 N–H and O–H groups in total. The number of pyridine rings is 1. The molecule has 1 fully saturated rings. The minimum absolute atomic E-state index is 0.401. The monoisotopic (exact) mass is 191 g/mol. The maximum Gasteiger partial charge on any atom is 0.0394 e. The van der Waals surface area contributed by atoms with Crippen LogP contribution in [-0.2, 0) is 0 Å². The molecule has 2 rings (SSSR count). The molecule has 76 valence electrons. The molecule has 3 heteroatoms. The first-order valence-electron chi connectivity index (χ1n) is 5.07. The van der Waals surface area contributed by atoms with Crippen molar-refractivity contribution < 1.29 is 0 Å². The SMILES string of the molecule is CN(CC1(CN)CC1)c1ccncc1. The lowest BCUT2D eigenvalue weighted by Gasteiger charge is -2.24. The van der Waals surface area contributed by atoms with Crippen molar-refractivity contribution in [2.45, 2.75) is 12.8 Å². The molecule has 0 bridgehead atoms. The number of aromatic nitrogens is 1. The summed E-state index contributed by atoms with van der Waals surface area (Å²) in [4.78, 5) is 6.27. The molecule has 0 aliphatic heterocycles. The van der Waals surface area contributed by atoms with Crippen LogP contribution in [-0.4, -0.2) is 25.1 Å². The van der Waals surface area contributed by atoms with Crippen molar-refractivity contribution in [2.24, 2.45) is 11.1 Å². The number of anilines is 1. The van der Waals surface area contributed by atoms with Gasteiger partial charge in [0.15, 0.2) is 0 Å². The first-order valence-corrected chi connectivity index (χ1v) is 5.07. The average Bonchev–Trinajstić information content (AvgIpc) is 3.00. The van der Waals surface area contributed by atoms with Crippen LogP contribution < -0.4 is 10.6 Å². The summed E-state index contributed by atoms with van der Waals surface area (Å²) >= 11 is 0. The largest absolute Gasteiger partial charge is 0.374 e. The summed E-state index contributed by atoms with van der Waals surface area (Å²) in [6.45, 7) is 1.87. The van der Waals surface area contributed by atoms with E-state index in [0.717, 1.165) is 13.1 Å². The summed E-state index contributed by atoms with van der Waals surface area (Å²) in [5, 5.41) is 0. The molecule has 0 spiro atoms. The smallest absolute Gasteiger partial charge is 0.0394 e. The second kappa shape index (κ2) is 3.58. The van der Waals surface area contributed by atoms with Crippen LogP contribution in [0, 0.1) is 5.41 Å². The molecule has 0 aromatic carbocycles. The minimum atomic E-state index is 0.401. The summed E-state index contributed by atoms with van der Waals surface area (Å²) in [5.74, 6) is 0. The van der Waals surface area contributed by atoms with Crippen molar-refractivity contribution in [3.8, 4) is 0 Å². The van der Waals surface area contributed by atoms with E-state index < -0.39 is 0 Å². The molecule has 0 amide bonds.